The van der Waals surface area contributed by atoms with E-state index in [2.05, 4.69) is 9.72 Å². The monoisotopic (exact) mass is 434 g/mol. The summed E-state index contributed by atoms with van der Waals surface area (Å²) in [5, 5.41) is 13.2. The summed E-state index contributed by atoms with van der Waals surface area (Å²) >= 11 is 0. The molecule has 0 fully saturated rings. The molecule has 1 aromatic heterocycles. The van der Waals surface area contributed by atoms with Crippen LogP contribution in [0.4, 0.5) is 8.78 Å². The number of oxazole rings is 1. The predicted octanol–water partition coefficient (Wildman–Crippen LogP) is 4.60. The quantitative estimate of drug-likeness (QED) is 0.461. The third-order valence-electron chi connectivity index (χ3n) is 5.36. The van der Waals surface area contributed by atoms with Crippen molar-refractivity contribution in [3.05, 3.63) is 70.0 Å². The molecule has 0 spiro atoms. The number of nitrogens with zero attached hydrogens (tertiary/aromatic N) is 2. The number of allylic oxidation sites excluding steroid dienone is 3. The molecule has 1 amide bonds. The van der Waals surface area contributed by atoms with Crippen molar-refractivity contribution >= 4 is 5.91 Å². The number of hydrogen-bond acceptors (Lipinski definition) is 6. The minimum absolute atomic E-state index is 0.0248. The average Bonchev–Trinajstić information content (AvgIpc) is 3.25. The summed E-state index contributed by atoms with van der Waals surface area (Å²) in [4.78, 5) is 17.0. The van der Waals surface area contributed by atoms with Crippen molar-refractivity contribution in [3.63, 3.8) is 0 Å². The Labute approximate surface area is 178 Å². The zero-order valence-electron chi connectivity index (χ0n) is 17.3. The topological polar surface area (TPSA) is 84.6 Å². The van der Waals surface area contributed by atoms with Crippen LogP contribution in [0.2, 0.25) is 0 Å². The molecule has 3 aliphatic rings. The molecule has 2 unspecified atom stereocenters. The van der Waals surface area contributed by atoms with Crippen LogP contribution in [0, 0.1) is 5.21 Å². The molecule has 0 saturated carbocycles. The summed E-state index contributed by atoms with van der Waals surface area (Å²) in [6, 6.07) is 0. The van der Waals surface area contributed by atoms with E-state index in [-0.39, 0.29) is 36.6 Å². The lowest BCUT2D eigenvalue weighted by atomic mass is 9.99. The lowest BCUT2D eigenvalue weighted by Gasteiger charge is -2.35. The SMILES string of the molecule is CC(C)OC1=CC(c2nc(C[N+]3([O-])CC4=C(CCC=C4)C3=O)co2)CC=C1OC(F)F. The first-order valence-corrected chi connectivity index (χ1v) is 10.2. The number of quaternary nitrogens is 1. The largest absolute Gasteiger partial charge is 0.624 e. The highest BCUT2D eigenvalue weighted by Gasteiger charge is 2.41. The molecule has 2 atom stereocenters. The zero-order chi connectivity index (χ0) is 22.2. The number of carbonyl (C=O) groups is 1. The summed E-state index contributed by atoms with van der Waals surface area (Å²) in [6.45, 7) is 0.575. The Kier molecular flexibility index (Phi) is 5.81. The standard InChI is InChI=1S/C22H24F2N2O5/c1-13(2)30-19-9-14(7-8-18(19)31-22(23)24)20-25-16(12-29-20)11-26(28)10-15-5-3-4-6-17(15)21(26)27/h3,5,8-9,12-14,22H,4,6-7,10-11H2,1-2H3. The van der Waals surface area contributed by atoms with E-state index in [0.29, 0.717) is 30.0 Å². The van der Waals surface area contributed by atoms with Gasteiger partial charge >= 0.3 is 12.5 Å². The van der Waals surface area contributed by atoms with Gasteiger partial charge in [0.25, 0.3) is 0 Å². The minimum atomic E-state index is -2.96. The van der Waals surface area contributed by atoms with Gasteiger partial charge in [0.2, 0.25) is 5.89 Å². The maximum atomic E-state index is 13.2. The summed E-state index contributed by atoms with van der Waals surface area (Å²) in [5.41, 5.74) is 1.79. The number of alkyl halides is 2. The molecule has 4 rings (SSSR count). The third kappa shape index (κ3) is 4.47. The minimum Gasteiger partial charge on any atom is -0.624 e. The zero-order valence-corrected chi connectivity index (χ0v) is 17.3. The fraction of sp³-hybridized carbons (Fsp3) is 0.455. The molecule has 2 aliphatic carbocycles. The van der Waals surface area contributed by atoms with Gasteiger partial charge in [-0.15, -0.1) is 0 Å². The molecule has 7 nitrogen and oxygen atoms in total. The Morgan fingerprint density at radius 2 is 2.13 bits per heavy atom. The van der Waals surface area contributed by atoms with E-state index in [9.17, 15) is 18.8 Å². The van der Waals surface area contributed by atoms with Crippen molar-refractivity contribution in [3.8, 4) is 0 Å². The molecule has 1 aromatic rings. The number of aromatic nitrogens is 1. The molecule has 166 valence electrons. The first kappa shape index (κ1) is 21.5. The van der Waals surface area contributed by atoms with Crippen molar-refractivity contribution in [2.45, 2.75) is 58.3 Å². The highest BCUT2D eigenvalue weighted by molar-refractivity contribution is 5.92. The van der Waals surface area contributed by atoms with Crippen LogP contribution in [0.3, 0.4) is 0 Å². The van der Waals surface area contributed by atoms with E-state index in [1.54, 1.807) is 19.9 Å². The highest BCUT2D eigenvalue weighted by atomic mass is 19.3. The van der Waals surface area contributed by atoms with Gasteiger partial charge in [-0.25, -0.2) is 9.78 Å². The van der Waals surface area contributed by atoms with Gasteiger partial charge in [-0.3, -0.25) is 4.65 Å². The van der Waals surface area contributed by atoms with Crippen LogP contribution in [0.15, 0.2) is 57.6 Å². The van der Waals surface area contributed by atoms with Crippen molar-refractivity contribution in [2.75, 3.05) is 6.54 Å². The van der Waals surface area contributed by atoms with Crippen molar-refractivity contribution in [1.82, 2.24) is 4.98 Å². The molecule has 31 heavy (non-hydrogen) atoms. The second-order valence-electron chi connectivity index (χ2n) is 8.12. The second kappa shape index (κ2) is 8.39. The molecular weight excluding hydrogens is 410 g/mol. The van der Waals surface area contributed by atoms with Gasteiger partial charge in [0.1, 0.15) is 25.0 Å². The number of rotatable bonds is 7. The summed E-state index contributed by atoms with van der Waals surface area (Å²) in [6.07, 6.45) is 9.78. The smallest absolute Gasteiger partial charge is 0.387 e. The third-order valence-corrected chi connectivity index (χ3v) is 5.36. The fourth-order valence-electron chi connectivity index (χ4n) is 4.05. The number of hydroxylamine groups is 3. The van der Waals surface area contributed by atoms with E-state index in [1.807, 2.05) is 12.2 Å². The van der Waals surface area contributed by atoms with E-state index < -0.39 is 17.2 Å². The molecule has 0 radical (unpaired) electrons. The van der Waals surface area contributed by atoms with Crippen LogP contribution in [-0.2, 0) is 20.8 Å². The Morgan fingerprint density at radius 3 is 2.84 bits per heavy atom. The Bertz CT molecular complexity index is 992. The summed E-state index contributed by atoms with van der Waals surface area (Å²) in [5.74, 6) is -0.287. The van der Waals surface area contributed by atoms with Crippen LogP contribution in [0.5, 0.6) is 0 Å². The van der Waals surface area contributed by atoms with Crippen molar-refractivity contribution in [1.29, 1.82) is 0 Å². The van der Waals surface area contributed by atoms with Crippen LogP contribution in [-0.4, -0.2) is 34.8 Å². The number of carbonyl (C=O) groups excluding carboxylic acids is 1. The molecule has 0 aromatic carbocycles. The van der Waals surface area contributed by atoms with Gasteiger partial charge in [0.05, 0.1) is 17.6 Å². The molecule has 9 heteroatoms. The van der Waals surface area contributed by atoms with Crippen LogP contribution < -0.4 is 0 Å². The molecule has 0 bridgehead atoms. The first-order valence-electron chi connectivity index (χ1n) is 10.2. The molecule has 0 N–H and O–H groups in total. The normalized spacial score (nSPS) is 25.8. The number of hydrogen-bond donors (Lipinski definition) is 0. The van der Waals surface area contributed by atoms with Gasteiger partial charge in [-0.05, 0) is 45.3 Å². The Balaban J connectivity index is 1.49. The Hall–Kier alpha value is -2.78. The Morgan fingerprint density at radius 1 is 1.32 bits per heavy atom. The van der Waals surface area contributed by atoms with E-state index in [0.717, 1.165) is 12.0 Å². The van der Waals surface area contributed by atoms with Gasteiger partial charge in [0.15, 0.2) is 11.5 Å². The fourth-order valence-corrected chi connectivity index (χ4v) is 4.05. The highest BCUT2D eigenvalue weighted by Crippen LogP contribution is 2.36. The second-order valence-corrected chi connectivity index (χ2v) is 8.12. The van der Waals surface area contributed by atoms with Crippen LogP contribution >= 0.6 is 0 Å². The lowest BCUT2D eigenvalue weighted by molar-refractivity contribution is -0.807. The first-order chi connectivity index (χ1) is 14.7. The van der Waals surface area contributed by atoms with Gasteiger partial charge in [-0.1, -0.05) is 12.2 Å². The number of halogens is 2. The molecule has 0 saturated heterocycles. The van der Waals surface area contributed by atoms with Crippen molar-refractivity contribution < 1.29 is 32.1 Å². The molecule has 1 aliphatic heterocycles. The molecule has 2 heterocycles. The van der Waals surface area contributed by atoms with Crippen molar-refractivity contribution in [2.24, 2.45) is 0 Å². The predicted molar refractivity (Wildman–Crippen MR) is 106 cm³/mol. The maximum Gasteiger partial charge on any atom is 0.387 e. The number of amides is 1. The van der Waals surface area contributed by atoms with Gasteiger partial charge < -0.3 is 19.1 Å². The summed E-state index contributed by atoms with van der Waals surface area (Å²) in [7, 11) is 0. The van der Waals surface area contributed by atoms with Gasteiger partial charge in [0, 0.05) is 5.57 Å². The van der Waals surface area contributed by atoms with Crippen LogP contribution in [0.25, 0.3) is 0 Å². The van der Waals surface area contributed by atoms with E-state index in [4.69, 9.17) is 9.15 Å². The average molecular weight is 434 g/mol. The molecular formula is C22H24F2N2O5. The maximum absolute atomic E-state index is 13.2. The summed E-state index contributed by atoms with van der Waals surface area (Å²) < 4.78 is 40.1. The van der Waals surface area contributed by atoms with Gasteiger partial charge in [-0.2, -0.15) is 8.78 Å². The van der Waals surface area contributed by atoms with E-state index >= 15 is 0 Å². The van der Waals surface area contributed by atoms with E-state index in [1.165, 1.54) is 12.3 Å². The van der Waals surface area contributed by atoms with Crippen LogP contribution in [0.1, 0.15) is 50.6 Å². The number of ether oxygens (including phenoxy) is 2. The lowest BCUT2D eigenvalue weighted by Crippen LogP contribution is -2.44.